The molecule has 4 rings (SSSR count). The van der Waals surface area contributed by atoms with E-state index in [4.69, 9.17) is 20.6 Å². The minimum Gasteiger partial charge on any atom is -0.494 e. The van der Waals surface area contributed by atoms with Gasteiger partial charge in [0.1, 0.15) is 22.9 Å². The van der Waals surface area contributed by atoms with Crippen molar-refractivity contribution >= 4 is 22.8 Å². The number of hydrogen-bond acceptors (Lipinski definition) is 5. The number of hydrogen-bond donors (Lipinski definition) is 3. The van der Waals surface area contributed by atoms with Crippen molar-refractivity contribution < 1.29 is 23.1 Å². The largest absolute Gasteiger partial charge is 0.494 e. The molecular weight excluding hydrogens is 497 g/mol. The summed E-state index contributed by atoms with van der Waals surface area (Å²) < 4.78 is 25.3. The zero-order valence-corrected chi connectivity index (χ0v) is 22.3. The zero-order chi connectivity index (χ0) is 27.9. The lowest BCUT2D eigenvalue weighted by molar-refractivity contribution is 0.0947. The summed E-state index contributed by atoms with van der Waals surface area (Å²) in [7, 11) is 0. The maximum absolute atomic E-state index is 13.4. The molecule has 3 aromatic carbocycles. The second-order valence-electron chi connectivity index (χ2n) is 9.97. The molecule has 0 saturated carbocycles. The molecule has 7 nitrogen and oxygen atoms in total. The Labute approximate surface area is 227 Å². The Morgan fingerprint density at radius 3 is 2.46 bits per heavy atom. The number of primary amides is 1. The van der Waals surface area contributed by atoms with Gasteiger partial charge in [0.25, 0.3) is 11.8 Å². The predicted octanol–water partition coefficient (Wildman–Crippen LogP) is 5.43. The van der Waals surface area contributed by atoms with Crippen LogP contribution in [0.2, 0.25) is 0 Å². The van der Waals surface area contributed by atoms with Gasteiger partial charge < -0.3 is 25.9 Å². The van der Waals surface area contributed by atoms with Crippen LogP contribution in [-0.4, -0.2) is 31.5 Å². The first kappa shape index (κ1) is 27.9. The molecule has 0 aliphatic carbocycles. The lowest BCUT2D eigenvalue weighted by Gasteiger charge is -2.13. The number of nitrogens with two attached hydrogens (primary N) is 2. The molecule has 0 aliphatic heterocycles. The summed E-state index contributed by atoms with van der Waals surface area (Å²) in [4.78, 5) is 25.4. The van der Waals surface area contributed by atoms with Gasteiger partial charge in [0.15, 0.2) is 0 Å². The van der Waals surface area contributed by atoms with E-state index in [1.54, 1.807) is 30.3 Å². The highest BCUT2D eigenvalue weighted by Crippen LogP contribution is 2.33. The molecule has 204 valence electrons. The van der Waals surface area contributed by atoms with Crippen molar-refractivity contribution in [3.8, 4) is 16.9 Å². The number of halogens is 1. The van der Waals surface area contributed by atoms with E-state index in [1.165, 1.54) is 12.1 Å². The molecule has 2 amide bonds. The molecule has 0 aliphatic rings. The van der Waals surface area contributed by atoms with Crippen LogP contribution in [0.1, 0.15) is 58.7 Å². The average Bonchev–Trinajstić information content (AvgIpc) is 3.28. The van der Waals surface area contributed by atoms with Crippen molar-refractivity contribution in [3.63, 3.8) is 0 Å². The van der Waals surface area contributed by atoms with E-state index in [9.17, 15) is 14.0 Å². The topological polar surface area (TPSA) is 121 Å². The molecule has 39 heavy (non-hydrogen) atoms. The minimum absolute atomic E-state index is 0.193. The highest BCUT2D eigenvalue weighted by atomic mass is 19.1. The number of ether oxygens (including phenoxy) is 1. The van der Waals surface area contributed by atoms with Crippen LogP contribution in [0.3, 0.4) is 0 Å². The minimum atomic E-state index is -0.617. The number of nitrogens with one attached hydrogen (secondary N) is 1. The molecule has 8 heteroatoms. The van der Waals surface area contributed by atoms with Gasteiger partial charge in [-0.3, -0.25) is 9.59 Å². The summed E-state index contributed by atoms with van der Waals surface area (Å²) in [6, 6.07) is 16.9. The second-order valence-corrected chi connectivity index (χ2v) is 9.97. The van der Waals surface area contributed by atoms with Gasteiger partial charge in [-0.05, 0) is 84.5 Å². The summed E-state index contributed by atoms with van der Waals surface area (Å²) in [5, 5.41) is 3.52. The highest BCUT2D eigenvalue weighted by Gasteiger charge is 2.20. The SMILES string of the molecule is CC(C)CNC(=O)c1cc(OCCCCN)cc(-c2ccc3oc(Cc4ccc(F)cc4)c(C(N)=O)c3c2)c1. The maximum atomic E-state index is 13.4. The first-order valence-corrected chi connectivity index (χ1v) is 13.1. The Hall–Kier alpha value is -4.17. The van der Waals surface area contributed by atoms with Crippen LogP contribution in [0.5, 0.6) is 5.75 Å². The first-order valence-electron chi connectivity index (χ1n) is 13.1. The van der Waals surface area contributed by atoms with E-state index in [-0.39, 0.29) is 23.7 Å². The number of unbranched alkanes of at least 4 members (excludes halogenated alkanes) is 1. The average molecular weight is 532 g/mol. The number of benzene rings is 3. The Bertz CT molecular complexity index is 1460. The fraction of sp³-hybridized carbons (Fsp3) is 0.290. The lowest BCUT2D eigenvalue weighted by Crippen LogP contribution is -2.27. The van der Waals surface area contributed by atoms with Crippen molar-refractivity contribution in [2.24, 2.45) is 17.4 Å². The first-order chi connectivity index (χ1) is 18.7. The van der Waals surface area contributed by atoms with Gasteiger partial charge in [-0.1, -0.05) is 32.0 Å². The molecule has 0 bridgehead atoms. The van der Waals surface area contributed by atoms with Crippen molar-refractivity contribution in [3.05, 3.63) is 88.9 Å². The molecule has 0 saturated heterocycles. The highest BCUT2D eigenvalue weighted by molar-refractivity contribution is 6.07. The third kappa shape index (κ3) is 7.03. The number of rotatable bonds is 12. The van der Waals surface area contributed by atoms with Crippen molar-refractivity contribution in [1.29, 1.82) is 0 Å². The van der Waals surface area contributed by atoms with Gasteiger partial charge >= 0.3 is 0 Å². The van der Waals surface area contributed by atoms with E-state index in [0.717, 1.165) is 29.5 Å². The molecule has 0 fully saturated rings. The summed E-state index contributed by atoms with van der Waals surface area (Å²) in [5.41, 5.74) is 14.9. The van der Waals surface area contributed by atoms with Crippen LogP contribution in [0.15, 0.2) is 65.1 Å². The fourth-order valence-electron chi connectivity index (χ4n) is 4.33. The van der Waals surface area contributed by atoms with Crippen LogP contribution in [0, 0.1) is 11.7 Å². The van der Waals surface area contributed by atoms with Gasteiger partial charge in [-0.25, -0.2) is 4.39 Å². The standard InChI is InChI=1S/C31H34FN3O4/c1-19(2)18-35-31(37)23-14-22(15-25(16-23)38-12-4-3-11-33)21-7-10-27-26(17-21)29(30(34)36)28(39-27)13-20-5-8-24(32)9-6-20/h5-10,14-17,19H,3-4,11-13,18,33H2,1-2H3,(H2,34,36)(H,35,37). The van der Waals surface area contributed by atoms with Crippen molar-refractivity contribution in [1.82, 2.24) is 5.32 Å². The normalized spacial score (nSPS) is 11.2. The van der Waals surface area contributed by atoms with E-state index in [1.807, 2.05) is 32.0 Å². The molecule has 4 aromatic rings. The van der Waals surface area contributed by atoms with Crippen LogP contribution < -0.4 is 21.5 Å². The van der Waals surface area contributed by atoms with Crippen LogP contribution >= 0.6 is 0 Å². The Kier molecular flexibility index (Phi) is 8.99. The lowest BCUT2D eigenvalue weighted by atomic mass is 9.98. The molecule has 1 aromatic heterocycles. The molecule has 0 spiro atoms. The maximum Gasteiger partial charge on any atom is 0.252 e. The second kappa shape index (κ2) is 12.6. The molecule has 0 atom stereocenters. The fourth-order valence-corrected chi connectivity index (χ4v) is 4.33. The van der Waals surface area contributed by atoms with Gasteiger partial charge in [-0.2, -0.15) is 0 Å². The number of amides is 2. The van der Waals surface area contributed by atoms with Crippen molar-refractivity contribution in [2.75, 3.05) is 19.7 Å². The van der Waals surface area contributed by atoms with E-state index in [2.05, 4.69) is 5.32 Å². The quantitative estimate of drug-likeness (QED) is 0.211. The van der Waals surface area contributed by atoms with Crippen molar-refractivity contribution in [2.45, 2.75) is 33.1 Å². The number of furan rings is 1. The molecule has 0 unspecified atom stereocenters. The number of carbonyl (C=O) groups excluding carboxylic acids is 2. The third-order valence-corrected chi connectivity index (χ3v) is 6.33. The van der Waals surface area contributed by atoms with Gasteiger partial charge in [0, 0.05) is 23.9 Å². The third-order valence-electron chi connectivity index (χ3n) is 6.33. The van der Waals surface area contributed by atoms with E-state index >= 15 is 0 Å². The summed E-state index contributed by atoms with van der Waals surface area (Å²) in [5.74, 6) is 0.135. The van der Waals surface area contributed by atoms with Gasteiger partial charge in [0.2, 0.25) is 0 Å². The van der Waals surface area contributed by atoms with Gasteiger partial charge in [0.05, 0.1) is 12.2 Å². The summed E-state index contributed by atoms with van der Waals surface area (Å²) in [6.45, 7) is 5.68. The Morgan fingerprint density at radius 1 is 1.00 bits per heavy atom. The molecule has 0 radical (unpaired) electrons. The number of fused-ring (bicyclic) bond motifs is 1. The smallest absolute Gasteiger partial charge is 0.252 e. The predicted molar refractivity (Wildman–Crippen MR) is 150 cm³/mol. The Balaban J connectivity index is 1.73. The van der Waals surface area contributed by atoms with E-state index in [0.29, 0.717) is 53.7 Å². The Morgan fingerprint density at radius 2 is 1.77 bits per heavy atom. The van der Waals surface area contributed by atoms with Gasteiger partial charge in [-0.15, -0.1) is 0 Å². The summed E-state index contributed by atoms with van der Waals surface area (Å²) in [6.07, 6.45) is 1.93. The van der Waals surface area contributed by atoms with E-state index < -0.39 is 5.91 Å². The molecular formula is C31H34FN3O4. The van der Waals surface area contributed by atoms with Crippen LogP contribution in [-0.2, 0) is 6.42 Å². The zero-order valence-electron chi connectivity index (χ0n) is 22.3. The van der Waals surface area contributed by atoms with Crippen LogP contribution in [0.25, 0.3) is 22.1 Å². The summed E-state index contributed by atoms with van der Waals surface area (Å²) >= 11 is 0. The van der Waals surface area contributed by atoms with Crippen LogP contribution in [0.4, 0.5) is 4.39 Å². The molecule has 1 heterocycles. The monoisotopic (exact) mass is 531 g/mol. The number of carbonyl (C=O) groups is 2. The molecule has 5 N–H and O–H groups in total.